The van der Waals surface area contributed by atoms with Gasteiger partial charge < -0.3 is 4.74 Å². The van der Waals surface area contributed by atoms with E-state index in [1.165, 1.54) is 23.7 Å². The van der Waals surface area contributed by atoms with E-state index in [0.717, 1.165) is 66.7 Å². The van der Waals surface area contributed by atoms with Gasteiger partial charge in [0.1, 0.15) is 5.03 Å². The fraction of sp³-hybridized carbons (Fsp3) is 0.577. The van der Waals surface area contributed by atoms with Crippen molar-refractivity contribution in [3.8, 4) is 17.2 Å². The minimum absolute atomic E-state index is 0.0239. The SMILES string of the molecule is CC1(C)CC(n2nc(SCC#N)c3c(c2=O)C2(CCCCC2)Cc2ccccc2-3)CCO1. The van der Waals surface area contributed by atoms with Crippen molar-refractivity contribution in [2.24, 2.45) is 0 Å². The summed E-state index contributed by atoms with van der Waals surface area (Å²) < 4.78 is 7.70. The molecule has 168 valence electrons. The number of rotatable bonds is 3. The number of nitriles is 1. The Balaban J connectivity index is 1.76. The second-order valence-electron chi connectivity index (χ2n) is 10.2. The van der Waals surface area contributed by atoms with Crippen LogP contribution in [0.5, 0.6) is 0 Å². The molecule has 2 aliphatic carbocycles. The van der Waals surface area contributed by atoms with Crippen molar-refractivity contribution in [2.75, 3.05) is 12.4 Å². The van der Waals surface area contributed by atoms with E-state index in [4.69, 9.17) is 9.84 Å². The lowest BCUT2D eigenvalue weighted by Crippen LogP contribution is -2.46. The maximum atomic E-state index is 14.2. The van der Waals surface area contributed by atoms with Gasteiger partial charge in [-0.25, -0.2) is 4.68 Å². The predicted octanol–water partition coefficient (Wildman–Crippen LogP) is 5.41. The number of hydrogen-bond donors (Lipinski definition) is 0. The number of nitrogens with zero attached hydrogens (tertiary/aromatic N) is 3. The fourth-order valence-corrected chi connectivity index (χ4v) is 6.85. The van der Waals surface area contributed by atoms with Crippen LogP contribution in [0, 0.1) is 11.3 Å². The van der Waals surface area contributed by atoms with Crippen molar-refractivity contribution in [1.29, 1.82) is 5.26 Å². The summed E-state index contributed by atoms with van der Waals surface area (Å²) in [7, 11) is 0. The van der Waals surface area contributed by atoms with E-state index >= 15 is 0 Å². The molecule has 2 heterocycles. The van der Waals surface area contributed by atoms with Crippen molar-refractivity contribution in [2.45, 2.75) is 87.3 Å². The Hall–Kier alpha value is -2.10. The quantitative estimate of drug-likeness (QED) is 0.586. The first-order valence-electron chi connectivity index (χ1n) is 11.8. The molecule has 1 spiro atoms. The summed E-state index contributed by atoms with van der Waals surface area (Å²) in [6.07, 6.45) is 8.15. The van der Waals surface area contributed by atoms with Crippen molar-refractivity contribution < 1.29 is 4.74 Å². The zero-order valence-electron chi connectivity index (χ0n) is 19.0. The van der Waals surface area contributed by atoms with Crippen LogP contribution in [0.25, 0.3) is 11.1 Å². The molecule has 1 aliphatic heterocycles. The Morgan fingerprint density at radius 3 is 2.78 bits per heavy atom. The molecule has 1 saturated carbocycles. The number of benzene rings is 1. The van der Waals surface area contributed by atoms with E-state index in [0.29, 0.717) is 12.4 Å². The van der Waals surface area contributed by atoms with Gasteiger partial charge >= 0.3 is 0 Å². The molecule has 5 rings (SSSR count). The molecule has 0 N–H and O–H groups in total. The van der Waals surface area contributed by atoms with Crippen molar-refractivity contribution in [3.05, 3.63) is 45.7 Å². The molecule has 1 aromatic heterocycles. The molecular weight excluding hydrogens is 418 g/mol. The molecule has 1 aromatic carbocycles. The molecule has 2 aromatic rings. The minimum Gasteiger partial charge on any atom is -0.375 e. The molecule has 0 amide bonds. The largest absolute Gasteiger partial charge is 0.375 e. The summed E-state index contributed by atoms with van der Waals surface area (Å²) in [6, 6.07) is 10.8. The van der Waals surface area contributed by atoms with E-state index in [2.05, 4.69) is 38.1 Å². The number of thioether (sulfide) groups is 1. The third kappa shape index (κ3) is 3.70. The van der Waals surface area contributed by atoms with Gasteiger partial charge in [-0.1, -0.05) is 55.3 Å². The maximum Gasteiger partial charge on any atom is 0.271 e. The highest BCUT2D eigenvalue weighted by atomic mass is 32.2. The van der Waals surface area contributed by atoms with Gasteiger partial charge in [0.2, 0.25) is 0 Å². The molecule has 1 atom stereocenters. The normalized spacial score (nSPS) is 23.2. The molecular formula is C26H31N3O2S. The lowest BCUT2D eigenvalue weighted by atomic mass is 9.61. The van der Waals surface area contributed by atoms with Gasteiger partial charge in [0, 0.05) is 23.1 Å². The highest BCUT2D eigenvalue weighted by Gasteiger charge is 2.44. The average molecular weight is 450 g/mol. The first kappa shape index (κ1) is 21.7. The zero-order chi connectivity index (χ0) is 22.3. The fourth-order valence-electron chi connectivity index (χ4n) is 6.15. The van der Waals surface area contributed by atoms with E-state index in [1.807, 2.05) is 6.07 Å². The highest BCUT2D eigenvalue weighted by Crippen LogP contribution is 2.51. The molecule has 1 saturated heterocycles. The number of hydrogen-bond acceptors (Lipinski definition) is 5. The standard InChI is InChI=1S/C26H31N3O2S/c1-25(2)17-19(10-14-31-25)29-24(30)22-21(23(28-29)32-15-13-27)20-9-5-4-8-18(20)16-26(22)11-6-3-7-12-26/h4-5,8-9,19H,3,6-7,10-12,14-17H2,1-2H3. The van der Waals surface area contributed by atoms with Gasteiger partial charge in [-0.05, 0) is 57.1 Å². The Kier molecular flexibility index (Phi) is 5.67. The van der Waals surface area contributed by atoms with Crippen LogP contribution in [-0.4, -0.2) is 27.7 Å². The van der Waals surface area contributed by atoms with Gasteiger partial charge in [-0.3, -0.25) is 4.79 Å². The summed E-state index contributed by atoms with van der Waals surface area (Å²) in [5, 5.41) is 15.1. The second kappa shape index (κ2) is 8.35. The molecule has 32 heavy (non-hydrogen) atoms. The first-order valence-corrected chi connectivity index (χ1v) is 12.8. The topological polar surface area (TPSA) is 67.9 Å². The third-order valence-electron chi connectivity index (χ3n) is 7.53. The van der Waals surface area contributed by atoms with E-state index in [-0.39, 0.29) is 22.6 Å². The lowest BCUT2D eigenvalue weighted by Gasteiger charge is -2.43. The molecule has 3 aliphatic rings. The average Bonchev–Trinajstić information content (AvgIpc) is 2.78. The van der Waals surface area contributed by atoms with Crippen molar-refractivity contribution in [3.63, 3.8) is 0 Å². The zero-order valence-corrected chi connectivity index (χ0v) is 19.8. The number of fused-ring (bicyclic) bond motifs is 4. The van der Waals surface area contributed by atoms with Crippen LogP contribution >= 0.6 is 11.8 Å². The van der Waals surface area contributed by atoms with Crippen molar-refractivity contribution >= 4 is 11.8 Å². The van der Waals surface area contributed by atoms with Crippen molar-refractivity contribution in [1.82, 2.24) is 9.78 Å². The Labute approximate surface area is 194 Å². The van der Waals surface area contributed by atoms with Crippen LogP contribution in [0.2, 0.25) is 0 Å². The van der Waals surface area contributed by atoms with Gasteiger partial charge in [-0.15, -0.1) is 0 Å². The number of ether oxygens (including phenoxy) is 1. The van der Waals surface area contributed by atoms with Crippen LogP contribution < -0.4 is 5.56 Å². The monoisotopic (exact) mass is 449 g/mol. The highest BCUT2D eigenvalue weighted by molar-refractivity contribution is 7.99. The van der Waals surface area contributed by atoms with Crippen LogP contribution in [-0.2, 0) is 16.6 Å². The number of aromatic nitrogens is 2. The summed E-state index contributed by atoms with van der Waals surface area (Å²) in [5.41, 5.74) is 4.11. The smallest absolute Gasteiger partial charge is 0.271 e. The van der Waals surface area contributed by atoms with Crippen LogP contribution in [0.4, 0.5) is 0 Å². The van der Waals surface area contributed by atoms with E-state index in [9.17, 15) is 10.1 Å². The van der Waals surface area contributed by atoms with Crippen LogP contribution in [0.15, 0.2) is 34.1 Å². The molecule has 0 radical (unpaired) electrons. The van der Waals surface area contributed by atoms with Gasteiger partial charge in [0.05, 0.1) is 23.5 Å². The van der Waals surface area contributed by atoms with Crippen LogP contribution in [0.3, 0.4) is 0 Å². The molecule has 0 bridgehead atoms. The van der Waals surface area contributed by atoms with Gasteiger partial charge in [-0.2, -0.15) is 10.4 Å². The lowest BCUT2D eigenvalue weighted by molar-refractivity contribution is -0.0718. The summed E-state index contributed by atoms with van der Waals surface area (Å²) >= 11 is 1.47. The summed E-state index contributed by atoms with van der Waals surface area (Å²) in [6.45, 7) is 4.82. The molecule has 2 fully saturated rings. The predicted molar refractivity (Wildman–Crippen MR) is 127 cm³/mol. The first-order chi connectivity index (χ1) is 15.4. The Morgan fingerprint density at radius 2 is 2.03 bits per heavy atom. The van der Waals surface area contributed by atoms with E-state index < -0.39 is 0 Å². The Morgan fingerprint density at radius 1 is 1.25 bits per heavy atom. The Bertz CT molecular complexity index is 1120. The minimum atomic E-state index is -0.269. The van der Waals surface area contributed by atoms with E-state index in [1.54, 1.807) is 4.68 Å². The van der Waals surface area contributed by atoms with Crippen LogP contribution in [0.1, 0.15) is 76.0 Å². The summed E-state index contributed by atoms with van der Waals surface area (Å²) in [4.78, 5) is 14.2. The summed E-state index contributed by atoms with van der Waals surface area (Å²) in [5.74, 6) is 0.325. The molecule has 1 unspecified atom stereocenters. The van der Waals surface area contributed by atoms with Gasteiger partial charge in [0.15, 0.2) is 0 Å². The second-order valence-corrected chi connectivity index (χ2v) is 11.1. The molecule has 6 heteroatoms. The maximum absolute atomic E-state index is 14.2. The molecule has 5 nitrogen and oxygen atoms in total. The third-order valence-corrected chi connectivity index (χ3v) is 8.36. The van der Waals surface area contributed by atoms with Gasteiger partial charge in [0.25, 0.3) is 5.56 Å².